The van der Waals surface area contributed by atoms with Gasteiger partial charge in [-0.1, -0.05) is 12.1 Å². The lowest BCUT2D eigenvalue weighted by atomic mass is 10.1. The van der Waals surface area contributed by atoms with Gasteiger partial charge in [-0.05, 0) is 6.07 Å². The second-order valence-electron chi connectivity index (χ2n) is 7.02. The molecule has 4 heterocycles. The standard InChI is InChI=1S/C19H21N7O2/c27-13-4-6-25(7-5-13)18-21-17(14-2-1-3-16-15(14)12-20-24-16)22-19(23-18)26-8-10-28-11-9-26/h1-3,12H,4-11H2,(H,20,24). The van der Waals surface area contributed by atoms with Gasteiger partial charge >= 0.3 is 0 Å². The number of hydrogen-bond donors (Lipinski definition) is 1. The number of hydrogen-bond acceptors (Lipinski definition) is 8. The molecule has 0 saturated carbocycles. The maximum atomic E-state index is 11.6. The third-order valence-corrected chi connectivity index (χ3v) is 5.24. The van der Waals surface area contributed by atoms with Crippen molar-refractivity contribution in [2.45, 2.75) is 12.8 Å². The number of aromatic amines is 1. The number of benzene rings is 1. The van der Waals surface area contributed by atoms with E-state index in [9.17, 15) is 4.79 Å². The fourth-order valence-corrected chi connectivity index (χ4v) is 3.64. The summed E-state index contributed by atoms with van der Waals surface area (Å²) in [7, 11) is 0. The lowest BCUT2D eigenvalue weighted by Gasteiger charge is -2.30. The van der Waals surface area contributed by atoms with E-state index in [4.69, 9.17) is 19.7 Å². The number of piperidine rings is 1. The maximum Gasteiger partial charge on any atom is 0.230 e. The zero-order valence-electron chi connectivity index (χ0n) is 15.5. The largest absolute Gasteiger partial charge is 0.378 e. The number of Topliss-reactive ketones (excluding diaryl/α,β-unsaturated/α-hetero) is 1. The second kappa shape index (κ2) is 7.16. The molecule has 0 amide bonds. The molecule has 3 aromatic rings. The number of carbonyl (C=O) groups excluding carboxylic acids is 1. The van der Waals surface area contributed by atoms with Crippen LogP contribution in [-0.4, -0.2) is 70.3 Å². The first-order chi connectivity index (χ1) is 13.8. The van der Waals surface area contributed by atoms with Gasteiger partial charge in [0, 0.05) is 50.0 Å². The van der Waals surface area contributed by atoms with Crippen molar-refractivity contribution in [3.05, 3.63) is 24.4 Å². The van der Waals surface area contributed by atoms with Crippen LogP contribution in [0.1, 0.15) is 12.8 Å². The van der Waals surface area contributed by atoms with Crippen molar-refractivity contribution < 1.29 is 9.53 Å². The molecule has 0 unspecified atom stereocenters. The third kappa shape index (κ3) is 3.18. The quantitative estimate of drug-likeness (QED) is 0.729. The molecule has 0 aliphatic carbocycles. The molecule has 2 aliphatic heterocycles. The predicted octanol–water partition coefficient (Wildman–Crippen LogP) is 1.42. The lowest BCUT2D eigenvalue weighted by molar-refractivity contribution is -0.119. The highest BCUT2D eigenvalue weighted by Gasteiger charge is 2.23. The normalized spacial score (nSPS) is 18.1. The third-order valence-electron chi connectivity index (χ3n) is 5.24. The molecule has 5 rings (SSSR count). The Morgan fingerprint density at radius 2 is 1.64 bits per heavy atom. The van der Waals surface area contributed by atoms with Gasteiger partial charge in [0.1, 0.15) is 5.78 Å². The number of nitrogens with one attached hydrogen (secondary N) is 1. The number of morpholine rings is 1. The Morgan fingerprint density at radius 1 is 0.929 bits per heavy atom. The topological polar surface area (TPSA) is 100 Å². The molecule has 2 aliphatic rings. The molecule has 2 fully saturated rings. The minimum atomic E-state index is 0.294. The van der Waals surface area contributed by atoms with Gasteiger partial charge in [-0.15, -0.1) is 0 Å². The summed E-state index contributed by atoms with van der Waals surface area (Å²) in [6.07, 6.45) is 2.86. The van der Waals surface area contributed by atoms with Crippen LogP contribution in [0.3, 0.4) is 0 Å². The fourth-order valence-electron chi connectivity index (χ4n) is 3.64. The number of rotatable bonds is 3. The number of H-pyrrole nitrogens is 1. The van der Waals surface area contributed by atoms with E-state index >= 15 is 0 Å². The molecule has 2 saturated heterocycles. The Balaban J connectivity index is 1.60. The molecule has 0 radical (unpaired) electrons. The van der Waals surface area contributed by atoms with Crippen LogP contribution in [-0.2, 0) is 9.53 Å². The predicted molar refractivity (Wildman–Crippen MR) is 104 cm³/mol. The zero-order chi connectivity index (χ0) is 18.9. The van der Waals surface area contributed by atoms with Gasteiger partial charge in [0.2, 0.25) is 11.9 Å². The van der Waals surface area contributed by atoms with Crippen LogP contribution in [0.2, 0.25) is 0 Å². The number of nitrogens with zero attached hydrogens (tertiary/aromatic N) is 6. The molecular weight excluding hydrogens is 358 g/mol. The Hall–Kier alpha value is -3.07. The SMILES string of the molecule is O=C1CCN(c2nc(-c3cccc4[nH]ncc34)nc(N3CCOCC3)n2)CC1. The van der Waals surface area contributed by atoms with E-state index in [1.54, 1.807) is 6.20 Å². The van der Waals surface area contributed by atoms with Gasteiger partial charge in [-0.3, -0.25) is 9.89 Å². The van der Waals surface area contributed by atoms with Crippen molar-refractivity contribution in [1.82, 2.24) is 25.1 Å². The molecule has 0 bridgehead atoms. The van der Waals surface area contributed by atoms with Crippen LogP contribution in [0.4, 0.5) is 11.9 Å². The van der Waals surface area contributed by atoms with E-state index in [0.29, 0.717) is 62.6 Å². The summed E-state index contributed by atoms with van der Waals surface area (Å²) in [5, 5.41) is 8.12. The molecule has 0 spiro atoms. The summed E-state index contributed by atoms with van der Waals surface area (Å²) in [6.45, 7) is 4.09. The molecule has 1 aromatic carbocycles. The first-order valence-electron chi connectivity index (χ1n) is 9.56. The number of carbonyl (C=O) groups is 1. The molecule has 1 N–H and O–H groups in total. The number of aromatic nitrogens is 5. The van der Waals surface area contributed by atoms with Crippen LogP contribution in [0.15, 0.2) is 24.4 Å². The van der Waals surface area contributed by atoms with Crippen molar-refractivity contribution in [2.24, 2.45) is 0 Å². The number of ketones is 1. The highest BCUT2D eigenvalue weighted by atomic mass is 16.5. The number of ether oxygens (including phenoxy) is 1. The summed E-state index contributed by atoms with van der Waals surface area (Å²) in [5.41, 5.74) is 1.86. The first-order valence-corrected chi connectivity index (χ1v) is 9.56. The Bertz CT molecular complexity index is 1000. The van der Waals surface area contributed by atoms with Gasteiger partial charge in [0.15, 0.2) is 5.82 Å². The van der Waals surface area contributed by atoms with E-state index in [0.717, 1.165) is 29.6 Å². The van der Waals surface area contributed by atoms with Gasteiger partial charge in [0.05, 0.1) is 24.9 Å². The summed E-state index contributed by atoms with van der Waals surface area (Å²) in [6, 6.07) is 5.94. The van der Waals surface area contributed by atoms with Crippen LogP contribution in [0.5, 0.6) is 0 Å². The first kappa shape index (κ1) is 17.1. The van der Waals surface area contributed by atoms with E-state index in [-0.39, 0.29) is 0 Å². The second-order valence-corrected chi connectivity index (χ2v) is 7.02. The van der Waals surface area contributed by atoms with Crippen LogP contribution in [0.25, 0.3) is 22.3 Å². The maximum absolute atomic E-state index is 11.6. The highest BCUT2D eigenvalue weighted by molar-refractivity contribution is 5.92. The molecule has 0 atom stereocenters. The summed E-state index contributed by atoms with van der Waals surface area (Å²) in [4.78, 5) is 30.1. The van der Waals surface area contributed by atoms with Gasteiger partial charge in [0.25, 0.3) is 0 Å². The molecule has 9 nitrogen and oxygen atoms in total. The van der Waals surface area contributed by atoms with Gasteiger partial charge in [-0.2, -0.15) is 20.1 Å². The van der Waals surface area contributed by atoms with Crippen LogP contribution < -0.4 is 9.80 Å². The summed E-state index contributed by atoms with van der Waals surface area (Å²) >= 11 is 0. The zero-order valence-corrected chi connectivity index (χ0v) is 15.5. The molecule has 2 aromatic heterocycles. The average Bonchev–Trinajstić information content (AvgIpc) is 3.23. The highest BCUT2D eigenvalue weighted by Crippen LogP contribution is 2.28. The monoisotopic (exact) mass is 379 g/mol. The molecule has 28 heavy (non-hydrogen) atoms. The Morgan fingerprint density at radius 3 is 2.39 bits per heavy atom. The summed E-state index contributed by atoms with van der Waals surface area (Å²) < 4.78 is 5.47. The van der Waals surface area contributed by atoms with Crippen molar-refractivity contribution in [2.75, 3.05) is 49.2 Å². The minimum Gasteiger partial charge on any atom is -0.378 e. The summed E-state index contributed by atoms with van der Waals surface area (Å²) in [5.74, 6) is 2.19. The van der Waals surface area contributed by atoms with Crippen LogP contribution in [0, 0.1) is 0 Å². The van der Waals surface area contributed by atoms with Crippen molar-refractivity contribution >= 4 is 28.6 Å². The van der Waals surface area contributed by atoms with Crippen LogP contribution >= 0.6 is 0 Å². The Labute approximate surface area is 161 Å². The van der Waals surface area contributed by atoms with E-state index in [1.807, 2.05) is 18.2 Å². The molecular formula is C19H21N7O2. The van der Waals surface area contributed by atoms with E-state index in [1.165, 1.54) is 0 Å². The Kier molecular flexibility index (Phi) is 4.36. The van der Waals surface area contributed by atoms with Crippen molar-refractivity contribution in [1.29, 1.82) is 0 Å². The average molecular weight is 379 g/mol. The van der Waals surface area contributed by atoms with E-state index in [2.05, 4.69) is 20.0 Å². The molecule has 9 heteroatoms. The number of fused-ring (bicyclic) bond motifs is 1. The molecule has 144 valence electrons. The lowest BCUT2D eigenvalue weighted by Crippen LogP contribution is -2.39. The fraction of sp³-hybridized carbons (Fsp3) is 0.421. The minimum absolute atomic E-state index is 0.294. The van der Waals surface area contributed by atoms with E-state index < -0.39 is 0 Å². The number of anilines is 2. The smallest absolute Gasteiger partial charge is 0.230 e. The van der Waals surface area contributed by atoms with Crippen molar-refractivity contribution in [3.63, 3.8) is 0 Å². The van der Waals surface area contributed by atoms with Crippen molar-refractivity contribution in [3.8, 4) is 11.4 Å². The van der Waals surface area contributed by atoms with Gasteiger partial charge < -0.3 is 14.5 Å². The van der Waals surface area contributed by atoms with Gasteiger partial charge in [-0.25, -0.2) is 0 Å².